The van der Waals surface area contributed by atoms with Crippen LogP contribution in [-0.2, 0) is 9.47 Å². The summed E-state index contributed by atoms with van der Waals surface area (Å²) in [6.07, 6.45) is 27.4. The summed E-state index contributed by atoms with van der Waals surface area (Å²) in [4.78, 5) is 0. The number of allylic oxidation sites excluding steroid dienone is 3. The normalized spacial score (nSPS) is 37.5. The molecular formula is C33H54F2O2. The molecule has 1 aliphatic heterocycles. The van der Waals surface area contributed by atoms with Gasteiger partial charge >= 0.3 is 0 Å². The maximum atomic E-state index is 12.6. The maximum Gasteiger partial charge on any atom is 0.266 e. The summed E-state index contributed by atoms with van der Waals surface area (Å²) in [6, 6.07) is 0. The zero-order chi connectivity index (χ0) is 25.9. The van der Waals surface area contributed by atoms with Gasteiger partial charge < -0.3 is 9.47 Å². The number of hydrogen-bond donors (Lipinski definition) is 0. The van der Waals surface area contributed by atoms with Crippen molar-refractivity contribution in [3.05, 3.63) is 24.3 Å². The Morgan fingerprint density at radius 1 is 0.757 bits per heavy atom. The molecule has 0 aromatic heterocycles. The highest BCUT2D eigenvalue weighted by atomic mass is 19.3. The van der Waals surface area contributed by atoms with Crippen molar-refractivity contribution in [3.63, 3.8) is 0 Å². The van der Waals surface area contributed by atoms with Gasteiger partial charge in [0.05, 0.1) is 18.8 Å². The largest absolute Gasteiger partial charge is 0.378 e. The summed E-state index contributed by atoms with van der Waals surface area (Å²) in [5, 5.41) is 0. The highest BCUT2D eigenvalue weighted by molar-refractivity contribution is 4.93. The Balaban J connectivity index is 1.02. The van der Waals surface area contributed by atoms with Gasteiger partial charge in [-0.15, -0.1) is 0 Å². The third-order valence-electron chi connectivity index (χ3n) is 10.5. The van der Waals surface area contributed by atoms with Crippen molar-refractivity contribution in [3.8, 4) is 0 Å². The maximum absolute atomic E-state index is 12.6. The second-order valence-corrected chi connectivity index (χ2v) is 12.9. The average Bonchev–Trinajstić information content (AvgIpc) is 2.93. The van der Waals surface area contributed by atoms with Gasteiger partial charge in [0.1, 0.15) is 0 Å². The van der Waals surface area contributed by atoms with Gasteiger partial charge in [0.25, 0.3) is 6.08 Å². The molecule has 212 valence electrons. The fraction of sp³-hybridized carbons (Fsp3) is 0.879. The van der Waals surface area contributed by atoms with Crippen LogP contribution in [0.1, 0.15) is 122 Å². The van der Waals surface area contributed by atoms with Gasteiger partial charge in [0.15, 0.2) is 0 Å². The number of rotatable bonds is 11. The molecule has 2 nitrogen and oxygen atoms in total. The summed E-state index contributed by atoms with van der Waals surface area (Å²) in [5.41, 5.74) is 0. The molecule has 2 atom stereocenters. The molecule has 4 aliphatic rings. The van der Waals surface area contributed by atoms with Crippen LogP contribution < -0.4 is 0 Å². The average molecular weight is 521 g/mol. The molecule has 0 N–H and O–H groups in total. The van der Waals surface area contributed by atoms with Gasteiger partial charge in [-0.05, 0) is 164 Å². The summed E-state index contributed by atoms with van der Waals surface area (Å²) < 4.78 is 37.7. The van der Waals surface area contributed by atoms with Crippen LogP contribution >= 0.6 is 0 Å². The van der Waals surface area contributed by atoms with Crippen molar-refractivity contribution in [2.24, 2.45) is 35.5 Å². The Bertz CT molecular complexity index is 670. The van der Waals surface area contributed by atoms with Crippen molar-refractivity contribution in [1.29, 1.82) is 0 Å². The SMILES string of the molecule is C/C=C/CCC1CCC(OCCCC2CCC(C3CCC(C4CCC(C=C(F)F)CC4)CC3)CO2)CC1. The Hall–Kier alpha value is -0.740. The molecule has 0 aromatic carbocycles. The second-order valence-electron chi connectivity index (χ2n) is 12.9. The molecule has 0 aromatic rings. The predicted molar refractivity (Wildman–Crippen MR) is 149 cm³/mol. The zero-order valence-corrected chi connectivity index (χ0v) is 23.6. The summed E-state index contributed by atoms with van der Waals surface area (Å²) >= 11 is 0. The zero-order valence-electron chi connectivity index (χ0n) is 23.6. The molecular weight excluding hydrogens is 466 g/mol. The van der Waals surface area contributed by atoms with E-state index in [1.165, 1.54) is 83.1 Å². The van der Waals surface area contributed by atoms with Crippen LogP contribution in [-0.4, -0.2) is 25.4 Å². The number of hydrogen-bond acceptors (Lipinski definition) is 2. The molecule has 3 saturated carbocycles. The Labute approximate surface area is 226 Å². The van der Waals surface area contributed by atoms with Crippen LogP contribution in [0.3, 0.4) is 0 Å². The van der Waals surface area contributed by atoms with Crippen LogP contribution in [0.25, 0.3) is 0 Å². The first kappa shape index (κ1) is 29.2. The van der Waals surface area contributed by atoms with E-state index in [4.69, 9.17) is 9.47 Å². The van der Waals surface area contributed by atoms with Gasteiger partial charge in [-0.3, -0.25) is 0 Å². The molecule has 4 fully saturated rings. The van der Waals surface area contributed by atoms with Gasteiger partial charge in [0, 0.05) is 6.61 Å². The minimum atomic E-state index is -1.49. The van der Waals surface area contributed by atoms with Crippen LogP contribution in [0.4, 0.5) is 8.78 Å². The fourth-order valence-corrected chi connectivity index (χ4v) is 8.12. The van der Waals surface area contributed by atoms with E-state index in [1.807, 2.05) is 0 Å². The molecule has 4 heteroatoms. The predicted octanol–water partition coefficient (Wildman–Crippen LogP) is 9.89. The first-order valence-electron chi connectivity index (χ1n) is 16.0. The highest BCUT2D eigenvalue weighted by Crippen LogP contribution is 2.44. The van der Waals surface area contributed by atoms with E-state index in [0.29, 0.717) is 12.2 Å². The van der Waals surface area contributed by atoms with Crippen molar-refractivity contribution >= 4 is 0 Å². The first-order chi connectivity index (χ1) is 18.1. The van der Waals surface area contributed by atoms with E-state index in [1.54, 1.807) is 0 Å². The summed E-state index contributed by atoms with van der Waals surface area (Å²) in [6.45, 7) is 3.98. The molecule has 0 spiro atoms. The van der Waals surface area contributed by atoms with E-state index < -0.39 is 6.08 Å². The molecule has 0 radical (unpaired) electrons. The Morgan fingerprint density at radius 2 is 1.38 bits per heavy atom. The second kappa shape index (κ2) is 15.8. The van der Waals surface area contributed by atoms with Crippen LogP contribution in [0.2, 0.25) is 0 Å². The lowest BCUT2D eigenvalue weighted by Gasteiger charge is -2.41. The smallest absolute Gasteiger partial charge is 0.266 e. The van der Waals surface area contributed by atoms with Crippen LogP contribution in [0.15, 0.2) is 24.3 Å². The van der Waals surface area contributed by atoms with Crippen molar-refractivity contribution in [2.75, 3.05) is 13.2 Å². The molecule has 1 saturated heterocycles. The van der Waals surface area contributed by atoms with E-state index >= 15 is 0 Å². The third-order valence-corrected chi connectivity index (χ3v) is 10.5. The standard InChI is InChI=1S/C33H54F2O2/c1-2-3-4-6-25-10-19-32(20-11-25)36-22-5-7-31-21-18-30(24-37-31)29-16-14-28(15-17-29)27-12-8-26(9-13-27)23-33(34)35/h2-3,23,25-32H,4-22,24H2,1H3/b3-2+. The van der Waals surface area contributed by atoms with Gasteiger partial charge in [0.2, 0.25) is 0 Å². The van der Waals surface area contributed by atoms with Crippen molar-refractivity contribution in [2.45, 2.75) is 135 Å². The molecule has 37 heavy (non-hydrogen) atoms. The Morgan fingerprint density at radius 3 is 1.97 bits per heavy atom. The minimum Gasteiger partial charge on any atom is -0.378 e. The summed E-state index contributed by atoms with van der Waals surface area (Å²) in [7, 11) is 0. The molecule has 3 aliphatic carbocycles. The lowest BCUT2D eigenvalue weighted by molar-refractivity contribution is -0.0499. The quantitative estimate of drug-likeness (QED) is 0.199. The summed E-state index contributed by atoms with van der Waals surface area (Å²) in [5.74, 6) is 4.24. The fourth-order valence-electron chi connectivity index (χ4n) is 8.12. The number of halogens is 2. The molecule has 0 bridgehead atoms. The first-order valence-corrected chi connectivity index (χ1v) is 16.0. The van der Waals surface area contributed by atoms with Gasteiger partial charge in [-0.1, -0.05) is 12.2 Å². The van der Waals surface area contributed by atoms with E-state index in [2.05, 4.69) is 19.1 Å². The molecule has 2 unspecified atom stereocenters. The monoisotopic (exact) mass is 520 g/mol. The van der Waals surface area contributed by atoms with Gasteiger partial charge in [-0.25, -0.2) is 0 Å². The van der Waals surface area contributed by atoms with Gasteiger partial charge in [-0.2, -0.15) is 8.78 Å². The lowest BCUT2D eigenvalue weighted by atomic mass is 9.67. The van der Waals surface area contributed by atoms with Crippen molar-refractivity contribution in [1.82, 2.24) is 0 Å². The van der Waals surface area contributed by atoms with Crippen LogP contribution in [0.5, 0.6) is 0 Å². The van der Waals surface area contributed by atoms with E-state index in [0.717, 1.165) is 81.3 Å². The van der Waals surface area contributed by atoms with E-state index in [-0.39, 0.29) is 5.92 Å². The minimum absolute atomic E-state index is 0.120. The molecule has 4 rings (SSSR count). The highest BCUT2D eigenvalue weighted by Gasteiger charge is 2.35. The topological polar surface area (TPSA) is 18.5 Å². The molecule has 1 heterocycles. The Kier molecular flexibility index (Phi) is 12.5. The molecule has 0 amide bonds. The van der Waals surface area contributed by atoms with E-state index in [9.17, 15) is 8.78 Å². The number of ether oxygens (including phenoxy) is 2. The van der Waals surface area contributed by atoms with Crippen molar-refractivity contribution < 1.29 is 18.3 Å². The third kappa shape index (κ3) is 9.75. The lowest BCUT2D eigenvalue weighted by Crippen LogP contribution is -2.34. The van der Waals surface area contributed by atoms with Crippen LogP contribution in [0, 0.1) is 35.5 Å².